The van der Waals surface area contributed by atoms with E-state index >= 15 is 0 Å². The Bertz CT molecular complexity index is 892. The van der Waals surface area contributed by atoms with Crippen LogP contribution < -0.4 is 5.73 Å². The minimum atomic E-state index is -3.70. The van der Waals surface area contributed by atoms with Crippen molar-refractivity contribution in [2.75, 3.05) is 31.9 Å². The Kier molecular flexibility index (Phi) is 6.50. The van der Waals surface area contributed by atoms with Crippen molar-refractivity contribution in [1.82, 2.24) is 14.4 Å². The van der Waals surface area contributed by atoms with Gasteiger partial charge < -0.3 is 15.2 Å². The Morgan fingerprint density at radius 2 is 1.78 bits per heavy atom. The first-order valence-electron chi connectivity index (χ1n) is 8.38. The summed E-state index contributed by atoms with van der Waals surface area (Å²) in [6, 6.07) is 6.72. The molecule has 2 aromatic rings. The minimum absolute atomic E-state index is 0. The molecule has 1 aromatic carbocycles. The van der Waals surface area contributed by atoms with E-state index in [0.717, 1.165) is 0 Å². The number of anilines is 1. The van der Waals surface area contributed by atoms with Crippen LogP contribution in [0.2, 0.25) is 0 Å². The monoisotopic (exact) mass is 414 g/mol. The van der Waals surface area contributed by atoms with E-state index in [9.17, 15) is 13.2 Å². The highest BCUT2D eigenvalue weighted by Crippen LogP contribution is 2.24. The molecular weight excluding hydrogens is 392 g/mol. The van der Waals surface area contributed by atoms with Crippen molar-refractivity contribution in [3.05, 3.63) is 41.3 Å². The molecular formula is C17H23ClN4O4S. The number of hydrogen-bond donors (Lipinski definition) is 1. The molecule has 10 heteroatoms. The zero-order chi connectivity index (χ0) is 18.9. The highest BCUT2D eigenvalue weighted by molar-refractivity contribution is 7.89. The third-order valence-electron chi connectivity index (χ3n) is 4.47. The van der Waals surface area contributed by atoms with E-state index < -0.39 is 10.0 Å². The number of nitrogens with zero attached hydrogens (tertiary/aromatic N) is 3. The third-order valence-corrected chi connectivity index (χ3v) is 6.61. The minimum Gasteiger partial charge on any atom is -0.399 e. The molecule has 2 heterocycles. The molecule has 1 aliphatic rings. The normalized spacial score (nSPS) is 15.9. The van der Waals surface area contributed by atoms with Crippen molar-refractivity contribution < 1.29 is 17.7 Å². The standard InChI is InChI=1S/C17H22N4O4S.ClH/c1-12-16(13(2)25-19-12)26(23,24)21-9-3-8-20(10-11-21)17(22)14-4-6-15(18)7-5-14;/h4-7H,3,8-11,18H2,1-2H3;1H. The van der Waals surface area contributed by atoms with Crippen LogP contribution in [-0.4, -0.2) is 54.9 Å². The number of carbonyl (C=O) groups excluding carboxylic acids is 1. The second-order valence-corrected chi connectivity index (χ2v) is 8.20. The average Bonchev–Trinajstić information content (AvgIpc) is 2.81. The number of aryl methyl sites for hydroxylation is 2. The highest BCUT2D eigenvalue weighted by Gasteiger charge is 2.33. The van der Waals surface area contributed by atoms with Gasteiger partial charge in [-0.1, -0.05) is 5.16 Å². The van der Waals surface area contributed by atoms with E-state index in [1.807, 2.05) is 0 Å². The molecule has 1 amide bonds. The second-order valence-electron chi connectivity index (χ2n) is 6.33. The van der Waals surface area contributed by atoms with Crippen LogP contribution in [-0.2, 0) is 10.0 Å². The largest absolute Gasteiger partial charge is 0.399 e. The zero-order valence-electron chi connectivity index (χ0n) is 15.2. The van der Waals surface area contributed by atoms with E-state index in [-0.39, 0.29) is 35.5 Å². The summed E-state index contributed by atoms with van der Waals surface area (Å²) in [4.78, 5) is 14.4. The highest BCUT2D eigenvalue weighted by atomic mass is 35.5. The van der Waals surface area contributed by atoms with E-state index in [1.165, 1.54) is 4.31 Å². The molecule has 1 saturated heterocycles. The van der Waals surface area contributed by atoms with E-state index in [1.54, 1.807) is 43.0 Å². The van der Waals surface area contributed by atoms with Crippen LogP contribution in [0.4, 0.5) is 5.69 Å². The van der Waals surface area contributed by atoms with Gasteiger partial charge >= 0.3 is 0 Å². The lowest BCUT2D eigenvalue weighted by molar-refractivity contribution is 0.0764. The number of sulfonamides is 1. The van der Waals surface area contributed by atoms with Gasteiger partial charge in [0.05, 0.1) is 0 Å². The molecule has 0 atom stereocenters. The zero-order valence-corrected chi connectivity index (χ0v) is 16.8. The molecule has 2 N–H and O–H groups in total. The lowest BCUT2D eigenvalue weighted by atomic mass is 10.2. The van der Waals surface area contributed by atoms with Crippen LogP contribution in [0.1, 0.15) is 28.2 Å². The molecule has 0 aliphatic carbocycles. The summed E-state index contributed by atoms with van der Waals surface area (Å²) in [5.74, 6) is 0.156. The number of nitrogens with two attached hydrogens (primary N) is 1. The van der Waals surface area contributed by atoms with Crippen LogP contribution in [0.25, 0.3) is 0 Å². The lowest BCUT2D eigenvalue weighted by Crippen LogP contribution is -2.37. The summed E-state index contributed by atoms with van der Waals surface area (Å²) in [7, 11) is -3.70. The first kappa shape index (κ1) is 21.2. The summed E-state index contributed by atoms with van der Waals surface area (Å²) >= 11 is 0. The predicted molar refractivity (Wildman–Crippen MR) is 103 cm³/mol. The van der Waals surface area contributed by atoms with Gasteiger partial charge in [-0.25, -0.2) is 8.42 Å². The molecule has 0 spiro atoms. The van der Waals surface area contributed by atoms with E-state index in [0.29, 0.717) is 43.0 Å². The average molecular weight is 415 g/mol. The number of rotatable bonds is 3. The molecule has 1 aliphatic heterocycles. The van der Waals surface area contributed by atoms with Crippen LogP contribution >= 0.6 is 12.4 Å². The Hall–Kier alpha value is -2.10. The van der Waals surface area contributed by atoms with Gasteiger partial charge in [0.15, 0.2) is 5.76 Å². The fraction of sp³-hybridized carbons (Fsp3) is 0.412. The second kappa shape index (κ2) is 8.28. The molecule has 27 heavy (non-hydrogen) atoms. The number of halogens is 1. The van der Waals surface area contributed by atoms with Crippen molar-refractivity contribution in [3.63, 3.8) is 0 Å². The molecule has 0 radical (unpaired) electrons. The van der Waals surface area contributed by atoms with Gasteiger partial charge in [0.25, 0.3) is 5.91 Å². The number of carbonyl (C=O) groups is 1. The van der Waals surface area contributed by atoms with Crippen LogP contribution in [0.3, 0.4) is 0 Å². The van der Waals surface area contributed by atoms with Gasteiger partial charge in [-0.05, 0) is 44.5 Å². The van der Waals surface area contributed by atoms with Crippen molar-refractivity contribution in [3.8, 4) is 0 Å². The molecule has 0 saturated carbocycles. The van der Waals surface area contributed by atoms with Crippen molar-refractivity contribution in [1.29, 1.82) is 0 Å². The summed E-state index contributed by atoms with van der Waals surface area (Å²) < 4.78 is 32.3. The summed E-state index contributed by atoms with van der Waals surface area (Å²) in [5.41, 5.74) is 7.14. The Morgan fingerprint density at radius 3 is 2.37 bits per heavy atom. The van der Waals surface area contributed by atoms with Gasteiger partial charge in [0.1, 0.15) is 10.6 Å². The first-order valence-corrected chi connectivity index (χ1v) is 9.82. The maximum absolute atomic E-state index is 12.9. The van der Waals surface area contributed by atoms with Crippen LogP contribution in [0.5, 0.6) is 0 Å². The fourth-order valence-corrected chi connectivity index (χ4v) is 4.88. The molecule has 0 unspecified atom stereocenters. The molecule has 8 nitrogen and oxygen atoms in total. The molecule has 1 fully saturated rings. The van der Waals surface area contributed by atoms with Crippen LogP contribution in [0.15, 0.2) is 33.7 Å². The van der Waals surface area contributed by atoms with Gasteiger partial charge in [-0.3, -0.25) is 4.79 Å². The summed E-state index contributed by atoms with van der Waals surface area (Å²) in [6.07, 6.45) is 0.559. The van der Waals surface area contributed by atoms with Gasteiger partial charge in [0.2, 0.25) is 10.0 Å². The first-order chi connectivity index (χ1) is 12.3. The van der Waals surface area contributed by atoms with Gasteiger partial charge in [-0.15, -0.1) is 12.4 Å². The molecule has 3 rings (SSSR count). The number of nitrogen functional groups attached to an aromatic ring is 1. The fourth-order valence-electron chi connectivity index (χ4n) is 3.12. The summed E-state index contributed by atoms with van der Waals surface area (Å²) in [6.45, 7) is 4.59. The third kappa shape index (κ3) is 4.26. The number of amides is 1. The Morgan fingerprint density at radius 1 is 1.11 bits per heavy atom. The smallest absolute Gasteiger partial charge is 0.253 e. The van der Waals surface area contributed by atoms with Gasteiger partial charge in [-0.2, -0.15) is 4.31 Å². The van der Waals surface area contributed by atoms with E-state index in [2.05, 4.69) is 5.16 Å². The Labute approximate surface area is 164 Å². The Balaban J connectivity index is 0.00000261. The topological polar surface area (TPSA) is 110 Å². The van der Waals surface area contributed by atoms with E-state index in [4.69, 9.17) is 10.3 Å². The van der Waals surface area contributed by atoms with Crippen molar-refractivity contribution >= 4 is 34.0 Å². The molecule has 1 aromatic heterocycles. The maximum Gasteiger partial charge on any atom is 0.253 e. The van der Waals surface area contributed by atoms with Crippen molar-refractivity contribution in [2.24, 2.45) is 0 Å². The number of aromatic nitrogens is 1. The van der Waals surface area contributed by atoms with Crippen LogP contribution in [0, 0.1) is 13.8 Å². The summed E-state index contributed by atoms with van der Waals surface area (Å²) in [5, 5.41) is 3.74. The molecule has 148 valence electrons. The number of benzene rings is 1. The SMILES string of the molecule is Cc1noc(C)c1S(=O)(=O)N1CCCN(C(=O)c2ccc(N)cc2)CC1.Cl. The predicted octanol–water partition coefficient (Wildman–Crippen LogP) is 1.83. The van der Waals surface area contributed by atoms with Gasteiger partial charge in [0, 0.05) is 37.4 Å². The quantitative estimate of drug-likeness (QED) is 0.767. The number of hydrogen-bond acceptors (Lipinski definition) is 6. The lowest BCUT2D eigenvalue weighted by Gasteiger charge is -2.22. The molecule has 0 bridgehead atoms. The maximum atomic E-state index is 12.9. The van der Waals surface area contributed by atoms with Crippen molar-refractivity contribution in [2.45, 2.75) is 25.2 Å².